The Kier molecular flexibility index (Phi) is 4.34. The molecule has 0 aromatic rings. The molecular weight excluding hydrogens is 196 g/mol. The monoisotopic (exact) mass is 220 g/mol. The summed E-state index contributed by atoms with van der Waals surface area (Å²) in [6.07, 6.45) is 5.28. The summed E-state index contributed by atoms with van der Waals surface area (Å²) in [6, 6.07) is 0. The second-order valence-corrected chi connectivity index (χ2v) is 5.15. The second-order valence-electron chi connectivity index (χ2n) is 5.15. The van der Waals surface area contributed by atoms with E-state index in [0.717, 1.165) is 6.42 Å². The number of nitrogens with zero attached hydrogens (tertiary/aromatic N) is 2. The first-order valence-corrected chi connectivity index (χ1v) is 6.10. The molecular formula is C14H24N2. The van der Waals surface area contributed by atoms with Crippen LogP contribution in [-0.4, -0.2) is 11.2 Å². The molecule has 0 aromatic carbocycles. The van der Waals surface area contributed by atoms with Crippen LogP contribution in [0.25, 0.3) is 0 Å². The molecule has 1 unspecified atom stereocenters. The standard InChI is InChI=1S/C14H24N2/c1-10(2)13(6)16-9-14(11(3)4)12(5)7-8-15-16/h8-9,11-12H,7H2,1-6H3. The fourth-order valence-electron chi connectivity index (χ4n) is 1.86. The number of rotatable bonds is 2. The quantitative estimate of drug-likeness (QED) is 0.682. The van der Waals surface area contributed by atoms with Gasteiger partial charge >= 0.3 is 0 Å². The van der Waals surface area contributed by atoms with E-state index in [0.29, 0.717) is 11.8 Å². The zero-order chi connectivity index (χ0) is 12.3. The lowest BCUT2D eigenvalue weighted by molar-refractivity contribution is 0.480. The van der Waals surface area contributed by atoms with Crippen LogP contribution in [-0.2, 0) is 0 Å². The first-order valence-electron chi connectivity index (χ1n) is 6.10. The Labute approximate surface area is 99.7 Å². The first-order chi connectivity index (χ1) is 7.43. The highest BCUT2D eigenvalue weighted by atomic mass is 15.4. The summed E-state index contributed by atoms with van der Waals surface area (Å²) in [4.78, 5) is 0. The van der Waals surface area contributed by atoms with Crippen LogP contribution in [0.15, 0.2) is 28.1 Å². The van der Waals surface area contributed by atoms with Crippen molar-refractivity contribution in [1.29, 1.82) is 0 Å². The van der Waals surface area contributed by atoms with E-state index in [4.69, 9.17) is 0 Å². The Morgan fingerprint density at radius 1 is 1.38 bits per heavy atom. The second kappa shape index (κ2) is 5.33. The third-order valence-electron chi connectivity index (χ3n) is 3.24. The Morgan fingerprint density at radius 2 is 2.00 bits per heavy atom. The molecule has 90 valence electrons. The van der Waals surface area contributed by atoms with Gasteiger partial charge in [0, 0.05) is 18.1 Å². The molecule has 0 N–H and O–H groups in total. The molecule has 1 atom stereocenters. The van der Waals surface area contributed by atoms with E-state index < -0.39 is 0 Å². The van der Waals surface area contributed by atoms with Crippen molar-refractivity contribution < 1.29 is 0 Å². The van der Waals surface area contributed by atoms with Gasteiger partial charge in [0.2, 0.25) is 0 Å². The van der Waals surface area contributed by atoms with E-state index in [2.05, 4.69) is 52.8 Å². The summed E-state index contributed by atoms with van der Waals surface area (Å²) in [7, 11) is 0. The molecule has 0 amide bonds. The van der Waals surface area contributed by atoms with Crippen molar-refractivity contribution in [2.24, 2.45) is 16.9 Å². The van der Waals surface area contributed by atoms with Crippen molar-refractivity contribution in [3.8, 4) is 0 Å². The van der Waals surface area contributed by atoms with E-state index in [1.165, 1.54) is 16.8 Å². The molecule has 0 fully saturated rings. The van der Waals surface area contributed by atoms with Crippen molar-refractivity contribution in [1.82, 2.24) is 5.01 Å². The zero-order valence-corrected chi connectivity index (χ0v) is 11.4. The topological polar surface area (TPSA) is 15.6 Å². The highest BCUT2D eigenvalue weighted by Gasteiger charge is 2.16. The maximum absolute atomic E-state index is 4.50. The number of allylic oxidation sites excluding steroid dienone is 3. The fourth-order valence-corrected chi connectivity index (χ4v) is 1.86. The summed E-state index contributed by atoms with van der Waals surface area (Å²) in [5.41, 5.74) is 4.02. The van der Waals surface area contributed by atoms with E-state index in [-0.39, 0.29) is 0 Å². The van der Waals surface area contributed by atoms with Crippen LogP contribution in [0.3, 0.4) is 0 Å². The van der Waals surface area contributed by atoms with Gasteiger partial charge in [0.25, 0.3) is 0 Å². The predicted molar refractivity (Wildman–Crippen MR) is 71.1 cm³/mol. The van der Waals surface area contributed by atoms with Gasteiger partial charge in [0.15, 0.2) is 0 Å². The van der Waals surface area contributed by atoms with Gasteiger partial charge in [-0.05, 0) is 44.6 Å². The molecule has 0 saturated carbocycles. The zero-order valence-electron chi connectivity index (χ0n) is 11.4. The number of hydrazone groups is 1. The molecule has 1 aliphatic rings. The van der Waals surface area contributed by atoms with Gasteiger partial charge in [0.05, 0.1) is 0 Å². The highest BCUT2D eigenvalue weighted by Crippen LogP contribution is 2.26. The van der Waals surface area contributed by atoms with E-state index in [1.807, 2.05) is 11.2 Å². The summed E-state index contributed by atoms with van der Waals surface area (Å²) in [5.74, 6) is 1.18. The van der Waals surface area contributed by atoms with Crippen molar-refractivity contribution in [3.63, 3.8) is 0 Å². The van der Waals surface area contributed by atoms with Gasteiger partial charge in [-0.1, -0.05) is 26.3 Å². The SMILES string of the molecule is CC(C)=C(C)N1C=C(C(C)C)C(C)CC=N1. The van der Waals surface area contributed by atoms with Gasteiger partial charge in [-0.2, -0.15) is 5.10 Å². The minimum atomic E-state index is 0.587. The van der Waals surface area contributed by atoms with E-state index in [1.54, 1.807) is 0 Å². The molecule has 2 heteroatoms. The molecule has 1 rings (SSSR count). The molecule has 0 saturated heterocycles. The molecule has 2 nitrogen and oxygen atoms in total. The lowest BCUT2D eigenvalue weighted by Gasteiger charge is -2.20. The molecule has 16 heavy (non-hydrogen) atoms. The van der Waals surface area contributed by atoms with Crippen LogP contribution in [0.2, 0.25) is 0 Å². The fraction of sp³-hybridized carbons (Fsp3) is 0.643. The van der Waals surface area contributed by atoms with Crippen LogP contribution < -0.4 is 0 Å². The van der Waals surface area contributed by atoms with Crippen molar-refractivity contribution in [2.75, 3.05) is 0 Å². The van der Waals surface area contributed by atoms with Crippen LogP contribution in [0.4, 0.5) is 0 Å². The molecule has 0 aliphatic carbocycles. The maximum atomic E-state index is 4.50. The predicted octanol–water partition coefficient (Wildman–Crippen LogP) is 4.17. The third-order valence-corrected chi connectivity index (χ3v) is 3.24. The summed E-state index contributed by atoms with van der Waals surface area (Å²) >= 11 is 0. The molecule has 1 heterocycles. The lowest BCUT2D eigenvalue weighted by atomic mass is 9.90. The van der Waals surface area contributed by atoms with Crippen LogP contribution in [0.1, 0.15) is 48.0 Å². The van der Waals surface area contributed by atoms with Gasteiger partial charge in [-0.15, -0.1) is 0 Å². The van der Waals surface area contributed by atoms with Gasteiger partial charge in [0.1, 0.15) is 0 Å². The van der Waals surface area contributed by atoms with E-state index in [9.17, 15) is 0 Å². The maximum Gasteiger partial charge on any atom is 0.0374 e. The molecule has 1 aliphatic heterocycles. The van der Waals surface area contributed by atoms with Crippen LogP contribution >= 0.6 is 0 Å². The molecule has 0 bridgehead atoms. The summed E-state index contributed by atoms with van der Waals surface area (Å²) < 4.78 is 0. The average Bonchev–Trinajstić information content (AvgIpc) is 2.38. The summed E-state index contributed by atoms with van der Waals surface area (Å²) in [6.45, 7) is 13.2. The van der Waals surface area contributed by atoms with Gasteiger partial charge in [-0.3, -0.25) is 0 Å². The number of hydrogen-bond acceptors (Lipinski definition) is 2. The van der Waals surface area contributed by atoms with Crippen LogP contribution in [0.5, 0.6) is 0 Å². The third kappa shape index (κ3) is 2.97. The number of hydrogen-bond donors (Lipinski definition) is 0. The minimum absolute atomic E-state index is 0.587. The molecule has 0 aromatic heterocycles. The van der Waals surface area contributed by atoms with Crippen LogP contribution in [0, 0.1) is 11.8 Å². The highest BCUT2D eigenvalue weighted by molar-refractivity contribution is 5.59. The smallest absolute Gasteiger partial charge is 0.0374 e. The van der Waals surface area contributed by atoms with Crippen molar-refractivity contribution in [3.05, 3.63) is 23.0 Å². The Hall–Kier alpha value is -1.05. The van der Waals surface area contributed by atoms with Gasteiger partial charge < -0.3 is 0 Å². The lowest BCUT2D eigenvalue weighted by Crippen LogP contribution is -2.11. The largest absolute Gasteiger partial charge is 0.246 e. The normalized spacial score (nSPS) is 20.8. The Bertz CT molecular complexity index is 331. The van der Waals surface area contributed by atoms with Gasteiger partial charge in [-0.25, -0.2) is 5.01 Å². The average molecular weight is 220 g/mol. The first kappa shape index (κ1) is 13.0. The Balaban J connectivity index is 3.06. The minimum Gasteiger partial charge on any atom is -0.246 e. The molecule has 0 radical (unpaired) electrons. The molecule has 0 spiro atoms. The van der Waals surface area contributed by atoms with Crippen molar-refractivity contribution in [2.45, 2.75) is 48.0 Å². The van der Waals surface area contributed by atoms with Crippen molar-refractivity contribution >= 4 is 6.21 Å². The van der Waals surface area contributed by atoms with E-state index >= 15 is 0 Å². The Morgan fingerprint density at radius 3 is 2.50 bits per heavy atom. The summed E-state index contributed by atoms with van der Waals surface area (Å²) in [5, 5.41) is 6.52.